The number of carboxylic acids is 1. The molecule has 0 radical (unpaired) electrons. The SMILES string of the molecule is Cc1nc(COc2ccccc2C(=O)N[C@H](C)C(=O)O)no1. The molecule has 0 aliphatic rings. The number of hydrogen-bond acceptors (Lipinski definition) is 6. The summed E-state index contributed by atoms with van der Waals surface area (Å²) in [5, 5.41) is 14.9. The van der Waals surface area contributed by atoms with E-state index in [1.807, 2.05) is 0 Å². The number of nitrogens with zero attached hydrogens (tertiary/aromatic N) is 2. The van der Waals surface area contributed by atoms with Crippen molar-refractivity contribution in [2.24, 2.45) is 0 Å². The van der Waals surface area contributed by atoms with Crippen LogP contribution < -0.4 is 10.1 Å². The van der Waals surface area contributed by atoms with E-state index in [1.165, 1.54) is 6.92 Å². The van der Waals surface area contributed by atoms with E-state index in [1.54, 1.807) is 31.2 Å². The number of aromatic nitrogens is 2. The van der Waals surface area contributed by atoms with Crippen LogP contribution in [0.15, 0.2) is 28.8 Å². The van der Waals surface area contributed by atoms with Gasteiger partial charge in [-0.3, -0.25) is 9.59 Å². The van der Waals surface area contributed by atoms with Gasteiger partial charge in [-0.05, 0) is 19.1 Å². The molecule has 0 fully saturated rings. The van der Waals surface area contributed by atoms with Crippen molar-refractivity contribution in [3.63, 3.8) is 0 Å². The van der Waals surface area contributed by atoms with Gasteiger partial charge in [0.2, 0.25) is 11.7 Å². The first-order chi connectivity index (χ1) is 10.5. The summed E-state index contributed by atoms with van der Waals surface area (Å²) in [5.74, 6) is -0.574. The lowest BCUT2D eigenvalue weighted by Crippen LogP contribution is -2.38. The molecular weight excluding hydrogens is 290 g/mol. The topological polar surface area (TPSA) is 115 Å². The maximum Gasteiger partial charge on any atom is 0.325 e. The molecule has 22 heavy (non-hydrogen) atoms. The molecule has 2 aromatic rings. The van der Waals surface area contributed by atoms with Gasteiger partial charge in [-0.2, -0.15) is 4.98 Å². The number of para-hydroxylation sites is 1. The molecular formula is C14H15N3O5. The van der Waals surface area contributed by atoms with Crippen molar-refractivity contribution in [1.82, 2.24) is 15.5 Å². The fraction of sp³-hybridized carbons (Fsp3) is 0.286. The summed E-state index contributed by atoms with van der Waals surface area (Å²) < 4.78 is 10.3. The van der Waals surface area contributed by atoms with Crippen molar-refractivity contribution in [1.29, 1.82) is 0 Å². The molecule has 2 N–H and O–H groups in total. The van der Waals surface area contributed by atoms with Crippen molar-refractivity contribution < 1.29 is 24.0 Å². The molecule has 8 heteroatoms. The molecule has 0 saturated carbocycles. The predicted molar refractivity (Wildman–Crippen MR) is 74.4 cm³/mol. The number of carbonyl (C=O) groups is 2. The lowest BCUT2D eigenvalue weighted by Gasteiger charge is -2.12. The third kappa shape index (κ3) is 3.81. The monoisotopic (exact) mass is 305 g/mol. The lowest BCUT2D eigenvalue weighted by atomic mass is 10.1. The predicted octanol–water partition coefficient (Wildman–Crippen LogP) is 1.16. The summed E-state index contributed by atoms with van der Waals surface area (Å²) in [5.41, 5.74) is 0.232. The number of aryl methyl sites for hydroxylation is 1. The number of carbonyl (C=O) groups excluding carboxylic acids is 1. The maximum absolute atomic E-state index is 12.1. The van der Waals surface area contributed by atoms with Gasteiger partial charge < -0.3 is 19.7 Å². The van der Waals surface area contributed by atoms with Gasteiger partial charge in [0, 0.05) is 6.92 Å². The van der Waals surface area contributed by atoms with Crippen LogP contribution in [0, 0.1) is 6.92 Å². The van der Waals surface area contributed by atoms with Gasteiger partial charge in [-0.15, -0.1) is 0 Å². The average molecular weight is 305 g/mol. The van der Waals surface area contributed by atoms with Crippen LogP contribution in [0.5, 0.6) is 5.75 Å². The number of amides is 1. The Morgan fingerprint density at radius 3 is 2.77 bits per heavy atom. The number of ether oxygens (including phenoxy) is 1. The molecule has 0 spiro atoms. The molecule has 1 aromatic heterocycles. The van der Waals surface area contributed by atoms with Crippen LogP contribution in [0.4, 0.5) is 0 Å². The second-order valence-electron chi connectivity index (χ2n) is 4.55. The van der Waals surface area contributed by atoms with Crippen LogP contribution in [0.3, 0.4) is 0 Å². The number of benzene rings is 1. The van der Waals surface area contributed by atoms with Crippen LogP contribution in [0.2, 0.25) is 0 Å². The maximum atomic E-state index is 12.1. The minimum absolute atomic E-state index is 0.0378. The zero-order valence-corrected chi connectivity index (χ0v) is 12.1. The Kier molecular flexibility index (Phi) is 4.72. The van der Waals surface area contributed by atoms with Crippen molar-refractivity contribution in [2.75, 3.05) is 0 Å². The second kappa shape index (κ2) is 6.70. The molecule has 0 bridgehead atoms. The molecule has 1 aromatic carbocycles. The number of nitrogens with one attached hydrogen (secondary N) is 1. The minimum Gasteiger partial charge on any atom is -0.485 e. The number of carboxylic acid groups (broad SMARTS) is 1. The summed E-state index contributed by atoms with van der Waals surface area (Å²) in [4.78, 5) is 26.9. The highest BCUT2D eigenvalue weighted by Crippen LogP contribution is 2.19. The minimum atomic E-state index is -1.12. The summed E-state index contributed by atoms with van der Waals surface area (Å²) in [7, 11) is 0. The molecule has 0 saturated heterocycles. The van der Waals surface area contributed by atoms with Gasteiger partial charge in [0.1, 0.15) is 11.8 Å². The summed E-state index contributed by atoms with van der Waals surface area (Å²) in [6.07, 6.45) is 0. The Labute approximate surface area is 126 Å². The van der Waals surface area contributed by atoms with Crippen molar-refractivity contribution in [2.45, 2.75) is 26.5 Å². The van der Waals surface area contributed by atoms with E-state index in [2.05, 4.69) is 15.5 Å². The van der Waals surface area contributed by atoms with Gasteiger partial charge in [-0.1, -0.05) is 17.3 Å². The standard InChI is InChI=1S/C14H15N3O5/c1-8(14(19)20)15-13(18)10-5-3-4-6-11(10)21-7-12-16-9(2)22-17-12/h3-6,8H,7H2,1-2H3,(H,15,18)(H,19,20)/t8-/m1/s1. The molecule has 2 rings (SSSR count). The van der Waals surface area contributed by atoms with E-state index in [4.69, 9.17) is 14.4 Å². The number of aliphatic carboxylic acids is 1. The van der Waals surface area contributed by atoms with Gasteiger partial charge in [-0.25, -0.2) is 0 Å². The highest BCUT2D eigenvalue weighted by molar-refractivity contribution is 5.98. The normalized spacial score (nSPS) is 11.7. The van der Waals surface area contributed by atoms with E-state index in [9.17, 15) is 9.59 Å². The Morgan fingerprint density at radius 1 is 1.41 bits per heavy atom. The van der Waals surface area contributed by atoms with E-state index < -0.39 is 17.9 Å². The number of hydrogen-bond donors (Lipinski definition) is 2. The number of rotatable bonds is 6. The van der Waals surface area contributed by atoms with Crippen LogP contribution in [-0.4, -0.2) is 33.2 Å². The van der Waals surface area contributed by atoms with Crippen molar-refractivity contribution >= 4 is 11.9 Å². The largest absolute Gasteiger partial charge is 0.485 e. The van der Waals surface area contributed by atoms with E-state index >= 15 is 0 Å². The molecule has 0 aliphatic carbocycles. The third-order valence-electron chi connectivity index (χ3n) is 2.78. The Balaban J connectivity index is 2.09. The molecule has 1 atom stereocenters. The van der Waals surface area contributed by atoms with E-state index in [-0.39, 0.29) is 12.2 Å². The van der Waals surface area contributed by atoms with Crippen LogP contribution in [-0.2, 0) is 11.4 Å². The first-order valence-electron chi connectivity index (χ1n) is 6.52. The first kappa shape index (κ1) is 15.5. The van der Waals surface area contributed by atoms with Crippen LogP contribution in [0.25, 0.3) is 0 Å². The zero-order chi connectivity index (χ0) is 16.1. The van der Waals surface area contributed by atoms with Gasteiger partial charge in [0.15, 0.2) is 6.61 Å². The Morgan fingerprint density at radius 2 is 2.14 bits per heavy atom. The first-order valence-corrected chi connectivity index (χ1v) is 6.52. The highest BCUT2D eigenvalue weighted by Gasteiger charge is 2.18. The van der Waals surface area contributed by atoms with Gasteiger partial charge in [0.25, 0.3) is 5.91 Å². The van der Waals surface area contributed by atoms with Gasteiger partial charge >= 0.3 is 5.97 Å². The Hall–Kier alpha value is -2.90. The van der Waals surface area contributed by atoms with Crippen molar-refractivity contribution in [3.05, 3.63) is 41.5 Å². The molecule has 8 nitrogen and oxygen atoms in total. The quantitative estimate of drug-likeness (QED) is 0.822. The molecule has 0 aliphatic heterocycles. The zero-order valence-electron chi connectivity index (χ0n) is 12.1. The second-order valence-corrected chi connectivity index (χ2v) is 4.55. The Bertz CT molecular complexity index is 683. The van der Waals surface area contributed by atoms with E-state index in [0.29, 0.717) is 17.5 Å². The van der Waals surface area contributed by atoms with E-state index in [0.717, 1.165) is 0 Å². The molecule has 116 valence electrons. The van der Waals surface area contributed by atoms with Crippen LogP contribution >= 0.6 is 0 Å². The fourth-order valence-electron chi connectivity index (χ4n) is 1.66. The van der Waals surface area contributed by atoms with Crippen LogP contribution in [0.1, 0.15) is 29.0 Å². The highest BCUT2D eigenvalue weighted by atomic mass is 16.5. The average Bonchev–Trinajstić information content (AvgIpc) is 2.90. The third-order valence-corrected chi connectivity index (χ3v) is 2.78. The smallest absolute Gasteiger partial charge is 0.325 e. The van der Waals surface area contributed by atoms with Crippen molar-refractivity contribution in [3.8, 4) is 5.75 Å². The summed E-state index contributed by atoms with van der Waals surface area (Å²) >= 11 is 0. The molecule has 1 amide bonds. The lowest BCUT2D eigenvalue weighted by molar-refractivity contribution is -0.138. The summed E-state index contributed by atoms with van der Waals surface area (Å²) in [6, 6.07) is 5.51. The summed E-state index contributed by atoms with van der Waals surface area (Å²) in [6.45, 7) is 3.08. The molecule has 1 heterocycles. The molecule has 0 unspecified atom stereocenters. The fourth-order valence-corrected chi connectivity index (χ4v) is 1.66. The van der Waals surface area contributed by atoms with Gasteiger partial charge in [0.05, 0.1) is 5.56 Å².